The average Bonchev–Trinajstić information content (AvgIpc) is 3.26. The second kappa shape index (κ2) is 7.65. The zero-order valence-corrected chi connectivity index (χ0v) is 12.6. The molecule has 4 heteroatoms. The minimum Gasteiger partial charge on any atom is -0.466 e. The Kier molecular flexibility index (Phi) is 5.86. The molecule has 2 aliphatic rings. The Bertz CT molecular complexity index is 331. The van der Waals surface area contributed by atoms with Crippen molar-refractivity contribution in [2.75, 3.05) is 13.2 Å². The van der Waals surface area contributed by atoms with E-state index in [1.165, 1.54) is 25.7 Å². The van der Waals surface area contributed by atoms with Gasteiger partial charge in [0, 0.05) is 18.5 Å². The summed E-state index contributed by atoms with van der Waals surface area (Å²) in [4.78, 5) is 26.0. The van der Waals surface area contributed by atoms with Crippen LogP contribution in [0.2, 0.25) is 0 Å². The summed E-state index contributed by atoms with van der Waals surface area (Å²) in [7, 11) is 0. The number of hydrogen-bond acceptors (Lipinski definition) is 3. The molecule has 20 heavy (non-hydrogen) atoms. The molecule has 0 atom stereocenters. The SMILES string of the molecule is CCOC(=O)CCN(C(=O)C1CC1)C1CCCCCC1. The van der Waals surface area contributed by atoms with Gasteiger partial charge in [0.2, 0.25) is 5.91 Å². The van der Waals surface area contributed by atoms with Crippen molar-refractivity contribution in [3.05, 3.63) is 0 Å². The van der Waals surface area contributed by atoms with Crippen molar-refractivity contribution in [1.29, 1.82) is 0 Å². The summed E-state index contributed by atoms with van der Waals surface area (Å²) in [6, 6.07) is 0.347. The molecular weight excluding hydrogens is 254 g/mol. The molecule has 2 aliphatic carbocycles. The normalized spacial score (nSPS) is 20.2. The quantitative estimate of drug-likeness (QED) is 0.555. The maximum atomic E-state index is 12.5. The highest BCUT2D eigenvalue weighted by atomic mass is 16.5. The Morgan fingerprint density at radius 2 is 1.70 bits per heavy atom. The minimum absolute atomic E-state index is 0.185. The first-order valence-corrected chi connectivity index (χ1v) is 8.18. The van der Waals surface area contributed by atoms with Crippen molar-refractivity contribution in [2.24, 2.45) is 5.92 Å². The van der Waals surface area contributed by atoms with Crippen LogP contribution in [-0.2, 0) is 14.3 Å². The summed E-state index contributed by atoms with van der Waals surface area (Å²) in [5.74, 6) is 0.330. The number of ether oxygens (including phenoxy) is 1. The lowest BCUT2D eigenvalue weighted by molar-refractivity contribution is -0.144. The van der Waals surface area contributed by atoms with E-state index < -0.39 is 0 Å². The molecule has 0 aromatic rings. The van der Waals surface area contributed by atoms with Crippen molar-refractivity contribution in [1.82, 2.24) is 4.90 Å². The summed E-state index contributed by atoms with van der Waals surface area (Å²) < 4.78 is 4.98. The average molecular weight is 281 g/mol. The van der Waals surface area contributed by atoms with Crippen molar-refractivity contribution in [3.63, 3.8) is 0 Å². The lowest BCUT2D eigenvalue weighted by atomic mass is 10.1. The summed E-state index contributed by atoms with van der Waals surface area (Å²) in [6.07, 6.45) is 9.56. The molecule has 0 unspecified atom stereocenters. The van der Waals surface area contributed by atoms with Crippen LogP contribution in [0.15, 0.2) is 0 Å². The summed E-state index contributed by atoms with van der Waals surface area (Å²) in [5.41, 5.74) is 0. The van der Waals surface area contributed by atoms with Crippen molar-refractivity contribution < 1.29 is 14.3 Å². The van der Waals surface area contributed by atoms with Gasteiger partial charge in [0.25, 0.3) is 0 Å². The fourth-order valence-electron chi connectivity index (χ4n) is 3.05. The highest BCUT2D eigenvalue weighted by molar-refractivity contribution is 5.82. The van der Waals surface area contributed by atoms with Crippen LogP contribution in [-0.4, -0.2) is 36.0 Å². The molecule has 0 aromatic heterocycles. The lowest BCUT2D eigenvalue weighted by Crippen LogP contribution is -2.42. The highest BCUT2D eigenvalue weighted by Gasteiger charge is 2.36. The maximum Gasteiger partial charge on any atom is 0.307 e. The lowest BCUT2D eigenvalue weighted by Gasteiger charge is -2.31. The number of carbonyl (C=O) groups is 2. The largest absolute Gasteiger partial charge is 0.466 e. The zero-order valence-electron chi connectivity index (χ0n) is 12.6. The number of nitrogens with zero attached hydrogens (tertiary/aromatic N) is 1. The van der Waals surface area contributed by atoms with E-state index in [9.17, 15) is 9.59 Å². The van der Waals surface area contributed by atoms with E-state index in [1.807, 2.05) is 11.8 Å². The van der Waals surface area contributed by atoms with Gasteiger partial charge in [0.15, 0.2) is 0 Å². The fourth-order valence-corrected chi connectivity index (χ4v) is 3.05. The van der Waals surface area contributed by atoms with Gasteiger partial charge in [0.05, 0.1) is 13.0 Å². The van der Waals surface area contributed by atoms with Gasteiger partial charge < -0.3 is 9.64 Å². The van der Waals surface area contributed by atoms with E-state index in [0.717, 1.165) is 25.7 Å². The molecule has 0 spiro atoms. The van der Waals surface area contributed by atoms with Crippen LogP contribution in [0.3, 0.4) is 0 Å². The second-order valence-electron chi connectivity index (χ2n) is 6.01. The van der Waals surface area contributed by atoms with Gasteiger partial charge in [0.1, 0.15) is 0 Å². The van der Waals surface area contributed by atoms with Gasteiger partial charge in [-0.05, 0) is 32.6 Å². The van der Waals surface area contributed by atoms with Gasteiger partial charge in [-0.25, -0.2) is 0 Å². The third kappa shape index (κ3) is 4.50. The molecular formula is C16H27NO3. The monoisotopic (exact) mass is 281 g/mol. The van der Waals surface area contributed by atoms with E-state index in [2.05, 4.69) is 0 Å². The molecule has 0 aromatic carbocycles. The van der Waals surface area contributed by atoms with Crippen LogP contribution in [0, 0.1) is 5.92 Å². The molecule has 114 valence electrons. The zero-order chi connectivity index (χ0) is 14.4. The number of hydrogen-bond donors (Lipinski definition) is 0. The smallest absolute Gasteiger partial charge is 0.307 e. The van der Waals surface area contributed by atoms with E-state index in [1.54, 1.807) is 0 Å². The molecule has 0 N–H and O–H groups in total. The first-order valence-electron chi connectivity index (χ1n) is 8.18. The molecule has 1 amide bonds. The number of amides is 1. The Hall–Kier alpha value is -1.06. The van der Waals surface area contributed by atoms with Crippen LogP contribution in [0.25, 0.3) is 0 Å². The topological polar surface area (TPSA) is 46.6 Å². The van der Waals surface area contributed by atoms with Crippen molar-refractivity contribution >= 4 is 11.9 Å². The standard InChI is InChI=1S/C16H27NO3/c1-2-20-15(18)11-12-17(16(19)13-9-10-13)14-7-5-3-4-6-8-14/h13-14H,2-12H2,1H3. The highest BCUT2D eigenvalue weighted by Crippen LogP contribution is 2.33. The minimum atomic E-state index is -0.185. The molecule has 2 rings (SSSR count). The number of carbonyl (C=O) groups excluding carboxylic acids is 2. The number of rotatable bonds is 6. The molecule has 0 aliphatic heterocycles. The number of esters is 1. The molecule has 2 saturated carbocycles. The van der Waals surface area contributed by atoms with Crippen LogP contribution in [0.1, 0.15) is 64.7 Å². The van der Waals surface area contributed by atoms with Crippen LogP contribution >= 0.6 is 0 Å². The molecule has 0 saturated heterocycles. The predicted molar refractivity (Wildman–Crippen MR) is 77.2 cm³/mol. The van der Waals surface area contributed by atoms with Crippen LogP contribution in [0.4, 0.5) is 0 Å². The van der Waals surface area contributed by atoms with Crippen LogP contribution in [0.5, 0.6) is 0 Å². The van der Waals surface area contributed by atoms with Crippen LogP contribution < -0.4 is 0 Å². The summed E-state index contributed by atoms with van der Waals surface area (Å²) in [5, 5.41) is 0. The van der Waals surface area contributed by atoms with E-state index in [4.69, 9.17) is 4.74 Å². The van der Waals surface area contributed by atoms with E-state index in [-0.39, 0.29) is 17.8 Å². The second-order valence-corrected chi connectivity index (χ2v) is 6.01. The fraction of sp³-hybridized carbons (Fsp3) is 0.875. The Balaban J connectivity index is 1.92. The van der Waals surface area contributed by atoms with Gasteiger partial charge in [-0.15, -0.1) is 0 Å². The summed E-state index contributed by atoms with van der Waals surface area (Å²) in [6.45, 7) is 2.77. The van der Waals surface area contributed by atoms with Crippen molar-refractivity contribution in [3.8, 4) is 0 Å². The Morgan fingerprint density at radius 1 is 1.05 bits per heavy atom. The van der Waals surface area contributed by atoms with Gasteiger partial charge in [-0.2, -0.15) is 0 Å². The van der Waals surface area contributed by atoms with E-state index in [0.29, 0.717) is 25.6 Å². The molecule has 2 fully saturated rings. The van der Waals surface area contributed by atoms with E-state index >= 15 is 0 Å². The molecule has 0 bridgehead atoms. The molecule has 0 heterocycles. The van der Waals surface area contributed by atoms with Gasteiger partial charge in [-0.3, -0.25) is 9.59 Å². The first-order chi connectivity index (χ1) is 9.72. The Morgan fingerprint density at radius 3 is 2.25 bits per heavy atom. The maximum absolute atomic E-state index is 12.5. The first kappa shape index (κ1) is 15.3. The molecule has 0 radical (unpaired) electrons. The third-order valence-corrected chi connectivity index (χ3v) is 4.34. The third-order valence-electron chi connectivity index (χ3n) is 4.34. The van der Waals surface area contributed by atoms with Gasteiger partial charge >= 0.3 is 5.97 Å². The predicted octanol–water partition coefficient (Wildman–Crippen LogP) is 2.90. The van der Waals surface area contributed by atoms with Crippen molar-refractivity contribution in [2.45, 2.75) is 70.8 Å². The van der Waals surface area contributed by atoms with Gasteiger partial charge in [-0.1, -0.05) is 25.7 Å². The molecule has 4 nitrogen and oxygen atoms in total. The summed E-state index contributed by atoms with van der Waals surface area (Å²) >= 11 is 0. The Labute approximate surface area is 121 Å².